The van der Waals surface area contributed by atoms with Crippen molar-refractivity contribution in [1.29, 1.82) is 0 Å². The van der Waals surface area contributed by atoms with Crippen LogP contribution < -0.4 is 5.73 Å². The molecule has 0 radical (unpaired) electrons. The van der Waals surface area contributed by atoms with Gasteiger partial charge in [-0.2, -0.15) is 0 Å². The molecule has 0 spiro atoms. The van der Waals surface area contributed by atoms with Gasteiger partial charge in [0.2, 0.25) is 0 Å². The van der Waals surface area contributed by atoms with E-state index in [0.717, 1.165) is 6.42 Å². The van der Waals surface area contributed by atoms with Crippen LogP contribution in [0.15, 0.2) is 12.1 Å². The highest BCUT2D eigenvalue weighted by molar-refractivity contribution is 6.02. The number of hydrogen-bond donors (Lipinski definition) is 2. The maximum absolute atomic E-state index is 12.6. The third-order valence-electron chi connectivity index (χ3n) is 3.72. The average Bonchev–Trinajstić information content (AvgIpc) is 2.94. The van der Waals surface area contributed by atoms with Crippen LogP contribution in [0, 0.1) is 6.92 Å². The molecule has 0 bridgehead atoms. The maximum atomic E-state index is 12.6. The van der Waals surface area contributed by atoms with Crippen LogP contribution in [0.2, 0.25) is 0 Å². The number of aryl methyl sites for hydroxylation is 1. The second-order valence-corrected chi connectivity index (χ2v) is 5.10. The Morgan fingerprint density at radius 3 is 2.86 bits per heavy atom. The van der Waals surface area contributed by atoms with Crippen molar-refractivity contribution in [2.45, 2.75) is 32.7 Å². The molecule has 21 heavy (non-hydrogen) atoms. The van der Waals surface area contributed by atoms with Gasteiger partial charge in [-0.15, -0.1) is 0 Å². The summed E-state index contributed by atoms with van der Waals surface area (Å²) in [5, 5.41) is 9.85. The average molecular weight is 292 g/mol. The van der Waals surface area contributed by atoms with Crippen molar-refractivity contribution in [3.8, 4) is 5.75 Å². The van der Waals surface area contributed by atoms with Gasteiger partial charge in [0.15, 0.2) is 0 Å². The zero-order chi connectivity index (χ0) is 15.6. The highest BCUT2D eigenvalue weighted by atomic mass is 16.5. The fourth-order valence-corrected chi connectivity index (χ4v) is 2.55. The summed E-state index contributed by atoms with van der Waals surface area (Å²) in [4.78, 5) is 25.9. The van der Waals surface area contributed by atoms with Gasteiger partial charge in [0.05, 0.1) is 17.9 Å². The van der Waals surface area contributed by atoms with E-state index in [0.29, 0.717) is 18.5 Å². The summed E-state index contributed by atoms with van der Waals surface area (Å²) >= 11 is 0. The third-order valence-corrected chi connectivity index (χ3v) is 3.72. The molecule has 114 valence electrons. The summed E-state index contributed by atoms with van der Waals surface area (Å²) in [5.74, 6) is -0.829. The van der Waals surface area contributed by atoms with Crippen LogP contribution in [0.4, 0.5) is 5.69 Å². The Labute approximate surface area is 123 Å². The molecule has 0 aliphatic carbocycles. The van der Waals surface area contributed by atoms with Gasteiger partial charge in [0.1, 0.15) is 11.8 Å². The number of benzene rings is 1. The summed E-state index contributed by atoms with van der Waals surface area (Å²) < 4.78 is 5.00. The molecule has 6 heteroatoms. The van der Waals surface area contributed by atoms with Crippen LogP contribution in [0.3, 0.4) is 0 Å². The first-order valence-electron chi connectivity index (χ1n) is 7.03. The number of hydrogen-bond acceptors (Lipinski definition) is 5. The van der Waals surface area contributed by atoms with E-state index in [9.17, 15) is 14.7 Å². The number of rotatable bonds is 3. The molecule has 1 fully saturated rings. The zero-order valence-corrected chi connectivity index (χ0v) is 12.3. The topological polar surface area (TPSA) is 92.9 Å². The summed E-state index contributed by atoms with van der Waals surface area (Å²) in [6, 6.07) is 2.64. The minimum Gasteiger partial charge on any atom is -0.505 e. The number of nitrogens with two attached hydrogens (primary N) is 1. The van der Waals surface area contributed by atoms with Crippen molar-refractivity contribution in [2.75, 3.05) is 18.9 Å². The lowest BCUT2D eigenvalue weighted by Gasteiger charge is -2.24. The molecule has 1 aromatic carbocycles. The number of phenols is 1. The Balaban J connectivity index is 2.27. The first-order valence-corrected chi connectivity index (χ1v) is 7.03. The Morgan fingerprint density at radius 2 is 2.19 bits per heavy atom. The van der Waals surface area contributed by atoms with E-state index in [2.05, 4.69) is 0 Å². The standard InChI is InChI=1S/C15H20N2O4/c1-3-21-15(20)11-5-4-8-17(11)14(19)10-7-6-9(2)13(18)12(10)16/h6-7,11,18H,3-5,8,16H2,1-2H3/t11-/m0/s1. The molecule has 1 aliphatic rings. The van der Waals surface area contributed by atoms with Crippen LogP contribution in [-0.4, -0.2) is 41.1 Å². The van der Waals surface area contributed by atoms with Crippen LogP contribution in [-0.2, 0) is 9.53 Å². The van der Waals surface area contributed by atoms with E-state index in [1.807, 2.05) is 0 Å². The van der Waals surface area contributed by atoms with Crippen molar-refractivity contribution in [1.82, 2.24) is 4.90 Å². The smallest absolute Gasteiger partial charge is 0.328 e. The molecule has 1 heterocycles. The minimum absolute atomic E-state index is 0.0505. The second kappa shape index (κ2) is 6.03. The molecular weight excluding hydrogens is 272 g/mol. The lowest BCUT2D eigenvalue weighted by atomic mass is 10.1. The van der Waals surface area contributed by atoms with E-state index in [-0.39, 0.29) is 29.5 Å². The normalized spacial score (nSPS) is 17.8. The molecule has 0 unspecified atom stereocenters. The third kappa shape index (κ3) is 2.79. The molecule has 1 atom stereocenters. The van der Waals surface area contributed by atoms with Gasteiger partial charge in [0.25, 0.3) is 5.91 Å². The van der Waals surface area contributed by atoms with Crippen LogP contribution >= 0.6 is 0 Å². The van der Waals surface area contributed by atoms with Gasteiger partial charge < -0.3 is 20.5 Å². The molecule has 1 saturated heterocycles. The quantitative estimate of drug-likeness (QED) is 0.499. The predicted molar refractivity (Wildman–Crippen MR) is 77.9 cm³/mol. The number of nitrogen functional groups attached to an aromatic ring is 1. The van der Waals surface area contributed by atoms with Crippen LogP contribution in [0.25, 0.3) is 0 Å². The van der Waals surface area contributed by atoms with E-state index >= 15 is 0 Å². The van der Waals surface area contributed by atoms with Gasteiger partial charge in [-0.05, 0) is 38.3 Å². The first kappa shape index (κ1) is 15.2. The molecule has 6 nitrogen and oxygen atoms in total. The lowest BCUT2D eigenvalue weighted by molar-refractivity contribution is -0.147. The molecular formula is C15H20N2O4. The summed E-state index contributed by atoms with van der Waals surface area (Å²) in [6.07, 6.45) is 1.33. The van der Waals surface area contributed by atoms with Crippen LogP contribution in [0.1, 0.15) is 35.7 Å². The monoisotopic (exact) mass is 292 g/mol. The van der Waals surface area contributed by atoms with Gasteiger partial charge in [-0.25, -0.2) is 4.79 Å². The molecule has 0 saturated carbocycles. The highest BCUT2D eigenvalue weighted by Crippen LogP contribution is 2.30. The van der Waals surface area contributed by atoms with E-state index < -0.39 is 12.0 Å². The molecule has 2 rings (SSSR count). The van der Waals surface area contributed by atoms with Gasteiger partial charge in [-0.3, -0.25) is 4.79 Å². The number of ether oxygens (including phenoxy) is 1. The molecule has 0 aromatic heterocycles. The number of carbonyl (C=O) groups excluding carboxylic acids is 2. The fraction of sp³-hybridized carbons (Fsp3) is 0.467. The molecule has 1 aromatic rings. The Bertz CT molecular complexity index is 571. The molecule has 3 N–H and O–H groups in total. The number of phenolic OH excluding ortho intramolecular Hbond substituents is 1. The molecule has 1 amide bonds. The molecule has 1 aliphatic heterocycles. The Kier molecular flexibility index (Phi) is 4.35. The highest BCUT2D eigenvalue weighted by Gasteiger charge is 2.36. The maximum Gasteiger partial charge on any atom is 0.328 e. The number of aromatic hydroxyl groups is 1. The fourth-order valence-electron chi connectivity index (χ4n) is 2.55. The SMILES string of the molecule is CCOC(=O)[C@@H]1CCCN1C(=O)c1ccc(C)c(O)c1N. The van der Waals surface area contributed by atoms with Gasteiger partial charge >= 0.3 is 5.97 Å². The summed E-state index contributed by atoms with van der Waals surface area (Å²) in [6.45, 7) is 4.20. The predicted octanol–water partition coefficient (Wildman–Crippen LogP) is 1.45. The summed E-state index contributed by atoms with van der Waals surface area (Å²) in [7, 11) is 0. The van der Waals surface area contributed by atoms with Crippen molar-refractivity contribution in [2.24, 2.45) is 0 Å². The number of anilines is 1. The van der Waals surface area contributed by atoms with Gasteiger partial charge in [0, 0.05) is 6.54 Å². The number of nitrogens with zero attached hydrogens (tertiary/aromatic N) is 1. The van der Waals surface area contributed by atoms with Crippen LogP contribution in [0.5, 0.6) is 5.75 Å². The number of carbonyl (C=O) groups is 2. The van der Waals surface area contributed by atoms with E-state index in [1.165, 1.54) is 4.90 Å². The zero-order valence-electron chi connectivity index (χ0n) is 12.3. The van der Waals surface area contributed by atoms with E-state index in [1.54, 1.807) is 26.0 Å². The summed E-state index contributed by atoms with van der Waals surface area (Å²) in [5.41, 5.74) is 6.69. The lowest BCUT2D eigenvalue weighted by Crippen LogP contribution is -2.41. The van der Waals surface area contributed by atoms with Gasteiger partial charge in [-0.1, -0.05) is 6.07 Å². The van der Waals surface area contributed by atoms with Crippen molar-refractivity contribution in [3.05, 3.63) is 23.3 Å². The first-order chi connectivity index (χ1) is 9.97. The van der Waals surface area contributed by atoms with Crippen molar-refractivity contribution >= 4 is 17.6 Å². The second-order valence-electron chi connectivity index (χ2n) is 5.10. The largest absolute Gasteiger partial charge is 0.505 e. The number of esters is 1. The Hall–Kier alpha value is -2.24. The number of likely N-dealkylation sites (tertiary alicyclic amines) is 1. The minimum atomic E-state index is -0.569. The van der Waals surface area contributed by atoms with Crippen molar-refractivity contribution in [3.63, 3.8) is 0 Å². The Morgan fingerprint density at radius 1 is 1.48 bits per heavy atom. The van der Waals surface area contributed by atoms with Crippen molar-refractivity contribution < 1.29 is 19.4 Å². The van der Waals surface area contributed by atoms with E-state index in [4.69, 9.17) is 10.5 Å². The number of amides is 1.